The van der Waals surface area contributed by atoms with Crippen molar-refractivity contribution < 1.29 is 22.4 Å². The predicted octanol–water partition coefficient (Wildman–Crippen LogP) is 3.99. The van der Waals surface area contributed by atoms with E-state index in [4.69, 9.17) is 0 Å². The fourth-order valence-corrected chi connectivity index (χ4v) is 1.36. The van der Waals surface area contributed by atoms with Crippen molar-refractivity contribution in [3.8, 4) is 0 Å². The molecule has 0 aliphatic carbocycles. The summed E-state index contributed by atoms with van der Waals surface area (Å²) in [6.07, 6.45) is -3.08. The summed E-state index contributed by atoms with van der Waals surface area (Å²) in [6, 6.07) is 2.04. The molecule has 0 unspecified atom stereocenters. The van der Waals surface area contributed by atoms with Crippen LogP contribution in [0.4, 0.5) is 17.6 Å². The van der Waals surface area contributed by atoms with Gasteiger partial charge in [0.1, 0.15) is 5.82 Å². The minimum atomic E-state index is -4.73. The standard InChI is InChI=1S/C12H10F4O/c1-2-3-4-11(17)9-6-5-8(13)7-10(9)12(14,15)16/h2,5-7H,1,3-4H2. The van der Waals surface area contributed by atoms with Gasteiger partial charge < -0.3 is 0 Å². The van der Waals surface area contributed by atoms with E-state index in [9.17, 15) is 22.4 Å². The number of benzene rings is 1. The monoisotopic (exact) mass is 246 g/mol. The molecule has 0 saturated heterocycles. The molecule has 1 aromatic rings. The van der Waals surface area contributed by atoms with Gasteiger partial charge in [-0.2, -0.15) is 13.2 Å². The number of allylic oxidation sites excluding steroid dienone is 1. The highest BCUT2D eigenvalue weighted by atomic mass is 19.4. The van der Waals surface area contributed by atoms with Gasteiger partial charge >= 0.3 is 6.18 Å². The van der Waals surface area contributed by atoms with Gasteiger partial charge in [0.15, 0.2) is 5.78 Å². The van der Waals surface area contributed by atoms with Crippen molar-refractivity contribution in [3.63, 3.8) is 0 Å². The van der Waals surface area contributed by atoms with E-state index in [0.29, 0.717) is 6.07 Å². The molecular weight excluding hydrogens is 236 g/mol. The van der Waals surface area contributed by atoms with Crippen LogP contribution in [0.25, 0.3) is 0 Å². The number of carbonyl (C=O) groups is 1. The number of carbonyl (C=O) groups excluding carboxylic acids is 1. The minimum Gasteiger partial charge on any atom is -0.294 e. The summed E-state index contributed by atoms with van der Waals surface area (Å²) < 4.78 is 50.5. The van der Waals surface area contributed by atoms with E-state index in [1.165, 1.54) is 6.08 Å². The molecule has 1 aromatic carbocycles. The topological polar surface area (TPSA) is 17.1 Å². The highest BCUT2D eigenvalue weighted by Gasteiger charge is 2.35. The van der Waals surface area contributed by atoms with E-state index in [0.717, 1.165) is 12.1 Å². The SMILES string of the molecule is C=CCCC(=O)c1ccc(F)cc1C(F)(F)F. The number of rotatable bonds is 4. The molecule has 0 heterocycles. The molecule has 0 bridgehead atoms. The van der Waals surface area contributed by atoms with Crippen LogP contribution in [0.15, 0.2) is 30.9 Å². The number of hydrogen-bond acceptors (Lipinski definition) is 1. The zero-order chi connectivity index (χ0) is 13.1. The van der Waals surface area contributed by atoms with E-state index in [1.807, 2.05) is 0 Å². The van der Waals surface area contributed by atoms with Gasteiger partial charge in [-0.05, 0) is 24.6 Å². The molecule has 0 saturated carbocycles. The number of ketones is 1. The lowest BCUT2D eigenvalue weighted by Crippen LogP contribution is -2.13. The quantitative estimate of drug-likeness (QED) is 0.446. The Bertz CT molecular complexity index is 435. The van der Waals surface area contributed by atoms with E-state index in [2.05, 4.69) is 6.58 Å². The van der Waals surface area contributed by atoms with E-state index in [-0.39, 0.29) is 12.8 Å². The van der Waals surface area contributed by atoms with E-state index >= 15 is 0 Å². The highest BCUT2D eigenvalue weighted by molar-refractivity contribution is 5.97. The van der Waals surface area contributed by atoms with Gasteiger partial charge in [-0.3, -0.25) is 4.79 Å². The summed E-state index contributed by atoms with van der Waals surface area (Å²) >= 11 is 0. The Labute approximate surface area is 95.8 Å². The van der Waals surface area contributed by atoms with Gasteiger partial charge in [-0.25, -0.2) is 4.39 Å². The average molecular weight is 246 g/mol. The van der Waals surface area contributed by atoms with Crippen LogP contribution in [0.3, 0.4) is 0 Å². The first-order chi connectivity index (χ1) is 7.86. The van der Waals surface area contributed by atoms with E-state index in [1.54, 1.807) is 0 Å². The van der Waals surface area contributed by atoms with Gasteiger partial charge in [-0.15, -0.1) is 6.58 Å². The molecule has 17 heavy (non-hydrogen) atoms. The molecule has 0 radical (unpaired) electrons. The fraction of sp³-hybridized carbons (Fsp3) is 0.250. The Morgan fingerprint density at radius 1 is 1.35 bits per heavy atom. The second kappa shape index (κ2) is 5.12. The maximum Gasteiger partial charge on any atom is 0.417 e. The van der Waals surface area contributed by atoms with Crippen LogP contribution >= 0.6 is 0 Å². The smallest absolute Gasteiger partial charge is 0.294 e. The van der Waals surface area contributed by atoms with Crippen molar-refractivity contribution in [2.45, 2.75) is 19.0 Å². The van der Waals surface area contributed by atoms with Crippen LogP contribution in [0, 0.1) is 5.82 Å². The third-order valence-corrected chi connectivity index (χ3v) is 2.16. The van der Waals surface area contributed by atoms with Crippen LogP contribution in [0.1, 0.15) is 28.8 Å². The number of Topliss-reactive ketones (excluding diaryl/α,β-unsaturated/α-hetero) is 1. The molecule has 0 spiro atoms. The zero-order valence-corrected chi connectivity index (χ0v) is 8.85. The Kier molecular flexibility index (Phi) is 4.04. The van der Waals surface area contributed by atoms with Crippen LogP contribution in [0.5, 0.6) is 0 Å². The second-order valence-corrected chi connectivity index (χ2v) is 3.44. The third-order valence-electron chi connectivity index (χ3n) is 2.16. The molecule has 0 aromatic heterocycles. The van der Waals surface area contributed by atoms with Gasteiger partial charge in [0, 0.05) is 12.0 Å². The molecule has 1 nitrogen and oxygen atoms in total. The normalized spacial score (nSPS) is 11.3. The minimum absolute atomic E-state index is 0.0712. The molecule has 0 aliphatic rings. The molecule has 1 rings (SSSR count). The molecule has 0 aliphatic heterocycles. The van der Waals surface area contributed by atoms with Crippen molar-refractivity contribution in [3.05, 3.63) is 47.8 Å². The molecular formula is C12H10F4O. The number of hydrogen-bond donors (Lipinski definition) is 0. The lowest BCUT2D eigenvalue weighted by molar-refractivity contribution is -0.138. The largest absolute Gasteiger partial charge is 0.417 e. The number of halogens is 4. The summed E-state index contributed by atoms with van der Waals surface area (Å²) in [7, 11) is 0. The summed E-state index contributed by atoms with van der Waals surface area (Å²) in [5.41, 5.74) is -1.73. The lowest BCUT2D eigenvalue weighted by atomic mass is 10.00. The Balaban J connectivity index is 3.15. The molecule has 0 atom stereocenters. The van der Waals surface area contributed by atoms with Gasteiger partial charge in [-0.1, -0.05) is 6.08 Å². The first-order valence-corrected chi connectivity index (χ1v) is 4.87. The average Bonchev–Trinajstić information content (AvgIpc) is 2.24. The maximum absolute atomic E-state index is 12.8. The lowest BCUT2D eigenvalue weighted by Gasteiger charge is -2.11. The maximum atomic E-state index is 12.8. The van der Waals surface area contributed by atoms with Crippen LogP contribution < -0.4 is 0 Å². The molecule has 92 valence electrons. The van der Waals surface area contributed by atoms with Crippen molar-refractivity contribution >= 4 is 5.78 Å². The van der Waals surface area contributed by atoms with Crippen molar-refractivity contribution in [2.24, 2.45) is 0 Å². The first-order valence-electron chi connectivity index (χ1n) is 4.87. The molecule has 5 heteroatoms. The Hall–Kier alpha value is -1.65. The molecule has 0 N–H and O–H groups in total. The predicted molar refractivity (Wildman–Crippen MR) is 55.2 cm³/mol. The van der Waals surface area contributed by atoms with E-state index < -0.39 is 28.9 Å². The summed E-state index contributed by atoms with van der Waals surface area (Å²) in [5, 5.41) is 0. The molecule has 0 fully saturated rings. The third kappa shape index (κ3) is 3.41. The Morgan fingerprint density at radius 2 is 2.00 bits per heavy atom. The van der Waals surface area contributed by atoms with Crippen LogP contribution in [0.2, 0.25) is 0 Å². The summed E-state index contributed by atoms with van der Waals surface area (Å²) in [6.45, 7) is 3.38. The summed E-state index contributed by atoms with van der Waals surface area (Å²) in [4.78, 5) is 11.5. The highest BCUT2D eigenvalue weighted by Crippen LogP contribution is 2.33. The van der Waals surface area contributed by atoms with Gasteiger partial charge in [0.05, 0.1) is 5.56 Å². The van der Waals surface area contributed by atoms with Gasteiger partial charge in [0.25, 0.3) is 0 Å². The van der Waals surface area contributed by atoms with Crippen molar-refractivity contribution in [2.75, 3.05) is 0 Å². The Morgan fingerprint density at radius 3 is 2.53 bits per heavy atom. The van der Waals surface area contributed by atoms with Crippen molar-refractivity contribution in [1.29, 1.82) is 0 Å². The second-order valence-electron chi connectivity index (χ2n) is 3.44. The first kappa shape index (κ1) is 13.4. The zero-order valence-electron chi connectivity index (χ0n) is 8.85. The van der Waals surface area contributed by atoms with Crippen LogP contribution in [-0.4, -0.2) is 5.78 Å². The number of alkyl halides is 3. The molecule has 0 amide bonds. The van der Waals surface area contributed by atoms with Gasteiger partial charge in [0.2, 0.25) is 0 Å². The van der Waals surface area contributed by atoms with Crippen molar-refractivity contribution in [1.82, 2.24) is 0 Å². The fourth-order valence-electron chi connectivity index (χ4n) is 1.36. The summed E-state index contributed by atoms with van der Waals surface area (Å²) in [5.74, 6) is -1.69. The van der Waals surface area contributed by atoms with Crippen LogP contribution in [-0.2, 0) is 6.18 Å².